The predicted molar refractivity (Wildman–Crippen MR) is 121 cm³/mol. The van der Waals surface area contributed by atoms with E-state index in [-0.39, 0.29) is 18.7 Å². The van der Waals surface area contributed by atoms with Crippen LogP contribution < -0.4 is 0 Å². The third-order valence-corrected chi connectivity index (χ3v) is 7.09. The molecular weight excluding hydrogens is 436 g/mol. The summed E-state index contributed by atoms with van der Waals surface area (Å²) in [5.41, 5.74) is 2.04. The number of ether oxygens (including phenoxy) is 2. The number of fused-ring (bicyclic) bond motifs is 1. The van der Waals surface area contributed by atoms with Gasteiger partial charge in [-0.1, -0.05) is 41.9 Å². The Labute approximate surface area is 189 Å². The molecule has 6 nitrogen and oxygen atoms in total. The van der Waals surface area contributed by atoms with Gasteiger partial charge in [0, 0.05) is 24.7 Å². The molecule has 0 atom stereocenters. The summed E-state index contributed by atoms with van der Waals surface area (Å²) in [7, 11) is 1.37. The average molecular weight is 459 g/mol. The van der Waals surface area contributed by atoms with Crippen LogP contribution in [0.2, 0.25) is 5.15 Å². The predicted octanol–water partition coefficient (Wildman–Crippen LogP) is 5.33. The number of likely N-dealkylation sites (tertiary alicyclic amines) is 1. The Morgan fingerprint density at radius 3 is 2.68 bits per heavy atom. The number of hydrogen-bond donors (Lipinski definition) is 0. The number of thiophene rings is 1. The molecule has 1 saturated heterocycles. The molecule has 1 aliphatic rings. The second-order valence-corrected chi connectivity index (χ2v) is 9.00. The molecule has 1 aliphatic heterocycles. The summed E-state index contributed by atoms with van der Waals surface area (Å²) in [4.78, 5) is 30.9. The van der Waals surface area contributed by atoms with Gasteiger partial charge in [0.25, 0.3) is 0 Å². The molecule has 31 heavy (non-hydrogen) atoms. The van der Waals surface area contributed by atoms with E-state index in [0.717, 1.165) is 40.5 Å². The standard InChI is InChI=1S/C23H23ClN2O4S/c1-29-22(27)19-12-18-17(13-25-21(24)20(18)31-19)11-15-7-9-26(10-8-15)23(28)30-14-16-5-3-2-4-6-16/h2-6,12-13,15H,7-11,14H2,1H3. The van der Waals surface area contributed by atoms with Crippen LogP contribution in [-0.2, 0) is 22.5 Å². The Balaban J connectivity index is 1.36. The number of hydrogen-bond acceptors (Lipinski definition) is 6. The number of benzene rings is 1. The van der Waals surface area contributed by atoms with Gasteiger partial charge >= 0.3 is 12.1 Å². The fourth-order valence-electron chi connectivity index (χ4n) is 3.85. The minimum Gasteiger partial charge on any atom is -0.465 e. The number of carbonyl (C=O) groups excluding carboxylic acids is 2. The maximum Gasteiger partial charge on any atom is 0.410 e. The Morgan fingerprint density at radius 1 is 1.23 bits per heavy atom. The molecular formula is C23H23ClN2O4S. The van der Waals surface area contributed by atoms with Crippen molar-refractivity contribution in [2.24, 2.45) is 5.92 Å². The molecule has 2 aromatic heterocycles. The molecule has 3 heterocycles. The first-order valence-electron chi connectivity index (χ1n) is 10.2. The van der Waals surface area contributed by atoms with Crippen LogP contribution in [-0.4, -0.2) is 42.1 Å². The van der Waals surface area contributed by atoms with Crippen LogP contribution in [0.1, 0.15) is 33.6 Å². The van der Waals surface area contributed by atoms with E-state index in [1.54, 1.807) is 11.1 Å². The zero-order chi connectivity index (χ0) is 21.8. The lowest BCUT2D eigenvalue weighted by Crippen LogP contribution is -2.39. The lowest BCUT2D eigenvalue weighted by atomic mass is 9.90. The molecule has 4 rings (SSSR count). The highest BCUT2D eigenvalue weighted by atomic mass is 35.5. The molecule has 0 N–H and O–H groups in total. The zero-order valence-electron chi connectivity index (χ0n) is 17.2. The third kappa shape index (κ3) is 4.99. The first-order valence-corrected chi connectivity index (χ1v) is 11.4. The molecule has 1 aromatic carbocycles. The van der Waals surface area contributed by atoms with Crippen molar-refractivity contribution >= 4 is 45.1 Å². The van der Waals surface area contributed by atoms with E-state index in [1.165, 1.54) is 18.4 Å². The largest absolute Gasteiger partial charge is 0.465 e. The van der Waals surface area contributed by atoms with Crippen LogP contribution in [0, 0.1) is 5.92 Å². The van der Waals surface area contributed by atoms with Gasteiger partial charge in [-0.2, -0.15) is 0 Å². The van der Waals surface area contributed by atoms with Crippen LogP contribution in [0.3, 0.4) is 0 Å². The molecule has 0 spiro atoms. The first kappa shape index (κ1) is 21.6. The lowest BCUT2D eigenvalue weighted by Gasteiger charge is -2.31. The van der Waals surface area contributed by atoms with Gasteiger partial charge in [0.1, 0.15) is 16.6 Å². The summed E-state index contributed by atoms with van der Waals surface area (Å²) in [5, 5.41) is 1.35. The molecule has 8 heteroatoms. The van der Waals surface area contributed by atoms with E-state index in [1.807, 2.05) is 36.4 Å². The second kappa shape index (κ2) is 9.66. The summed E-state index contributed by atoms with van der Waals surface area (Å²) < 4.78 is 11.1. The topological polar surface area (TPSA) is 68.7 Å². The SMILES string of the molecule is COC(=O)c1cc2c(CC3CCN(C(=O)OCc4ccccc4)CC3)cnc(Cl)c2s1. The number of piperidine rings is 1. The minimum atomic E-state index is -0.370. The minimum absolute atomic E-state index is 0.265. The van der Waals surface area contributed by atoms with Crippen LogP contribution >= 0.6 is 22.9 Å². The van der Waals surface area contributed by atoms with Gasteiger partial charge in [-0.3, -0.25) is 0 Å². The van der Waals surface area contributed by atoms with Crippen molar-refractivity contribution < 1.29 is 19.1 Å². The van der Waals surface area contributed by atoms with Crippen LogP contribution in [0.4, 0.5) is 4.79 Å². The van der Waals surface area contributed by atoms with E-state index in [2.05, 4.69) is 4.98 Å². The normalized spacial score (nSPS) is 14.6. The highest BCUT2D eigenvalue weighted by Gasteiger charge is 2.25. The molecule has 0 bridgehead atoms. The fraction of sp³-hybridized carbons (Fsp3) is 0.348. The number of esters is 1. The smallest absolute Gasteiger partial charge is 0.410 e. The summed E-state index contributed by atoms with van der Waals surface area (Å²) in [6.45, 7) is 1.62. The van der Waals surface area contributed by atoms with Crippen molar-refractivity contribution in [3.63, 3.8) is 0 Å². The van der Waals surface area contributed by atoms with Gasteiger partial charge in [0.05, 0.1) is 11.8 Å². The van der Waals surface area contributed by atoms with E-state index < -0.39 is 0 Å². The summed E-state index contributed by atoms with van der Waals surface area (Å²) in [5.74, 6) is 0.0522. The molecule has 0 saturated carbocycles. The number of halogens is 1. The Morgan fingerprint density at radius 2 is 1.97 bits per heavy atom. The molecule has 3 aromatic rings. The lowest BCUT2D eigenvalue weighted by molar-refractivity contribution is 0.0606. The molecule has 162 valence electrons. The molecule has 0 radical (unpaired) electrons. The summed E-state index contributed by atoms with van der Waals surface area (Å²) >= 11 is 7.55. The van der Waals surface area contributed by atoms with Crippen molar-refractivity contribution in [3.8, 4) is 0 Å². The Kier molecular flexibility index (Phi) is 6.73. The number of carbonyl (C=O) groups is 2. The van der Waals surface area contributed by atoms with Crippen LogP contribution in [0.25, 0.3) is 10.1 Å². The summed E-state index contributed by atoms with van der Waals surface area (Å²) in [6.07, 6.45) is 4.12. The second-order valence-electron chi connectivity index (χ2n) is 7.59. The maximum absolute atomic E-state index is 12.4. The summed E-state index contributed by atoms with van der Waals surface area (Å²) in [6, 6.07) is 11.5. The van der Waals surface area contributed by atoms with Crippen molar-refractivity contribution in [1.82, 2.24) is 9.88 Å². The van der Waals surface area contributed by atoms with E-state index in [4.69, 9.17) is 21.1 Å². The van der Waals surface area contributed by atoms with Crippen molar-refractivity contribution in [1.29, 1.82) is 0 Å². The first-order chi connectivity index (χ1) is 15.0. The zero-order valence-corrected chi connectivity index (χ0v) is 18.7. The highest BCUT2D eigenvalue weighted by Crippen LogP contribution is 2.35. The number of amides is 1. The maximum atomic E-state index is 12.4. The van der Waals surface area contributed by atoms with Gasteiger partial charge in [0.2, 0.25) is 0 Å². The molecule has 0 unspecified atom stereocenters. The monoisotopic (exact) mass is 458 g/mol. The van der Waals surface area contributed by atoms with Gasteiger partial charge < -0.3 is 14.4 Å². The Hall–Kier alpha value is -2.64. The van der Waals surface area contributed by atoms with E-state index >= 15 is 0 Å². The number of rotatable bonds is 5. The molecule has 1 amide bonds. The number of methoxy groups -OCH3 is 1. The van der Waals surface area contributed by atoms with Crippen LogP contribution in [0.15, 0.2) is 42.6 Å². The van der Waals surface area contributed by atoms with Gasteiger partial charge in [-0.05, 0) is 42.4 Å². The molecule has 1 fully saturated rings. The van der Waals surface area contributed by atoms with Crippen LogP contribution in [0.5, 0.6) is 0 Å². The molecule has 0 aliphatic carbocycles. The van der Waals surface area contributed by atoms with Crippen molar-refractivity contribution in [3.05, 3.63) is 63.8 Å². The van der Waals surface area contributed by atoms with Crippen molar-refractivity contribution in [2.75, 3.05) is 20.2 Å². The fourth-order valence-corrected chi connectivity index (χ4v) is 5.12. The number of aromatic nitrogens is 1. The van der Waals surface area contributed by atoms with Gasteiger partial charge in [-0.25, -0.2) is 14.6 Å². The quantitative estimate of drug-likeness (QED) is 0.382. The highest BCUT2D eigenvalue weighted by molar-refractivity contribution is 7.21. The van der Waals surface area contributed by atoms with Gasteiger partial charge in [0.15, 0.2) is 0 Å². The third-order valence-electron chi connectivity index (χ3n) is 5.57. The van der Waals surface area contributed by atoms with E-state index in [9.17, 15) is 9.59 Å². The van der Waals surface area contributed by atoms with Gasteiger partial charge in [-0.15, -0.1) is 11.3 Å². The average Bonchev–Trinajstić information content (AvgIpc) is 3.27. The number of nitrogens with zero attached hydrogens (tertiary/aromatic N) is 2. The Bertz CT molecular complexity index is 1080. The number of pyridine rings is 1. The van der Waals surface area contributed by atoms with Crippen molar-refractivity contribution in [2.45, 2.75) is 25.9 Å². The van der Waals surface area contributed by atoms with E-state index in [0.29, 0.717) is 29.0 Å².